The number of fused-ring (bicyclic) bond motifs is 3. The summed E-state index contributed by atoms with van der Waals surface area (Å²) in [5, 5.41) is 4.52. The maximum Gasteiger partial charge on any atom is 0.0553 e. The first-order chi connectivity index (χ1) is 9.83. The number of nitrogens with one attached hydrogen (secondary N) is 1. The van der Waals surface area contributed by atoms with E-state index in [2.05, 4.69) is 53.9 Å². The monoisotopic (exact) mass is 281 g/mol. The normalized spacial score (nSPS) is 26.8. The number of anilines is 1. The molecule has 2 aromatic carbocycles. The maximum absolute atomic E-state index is 6.01. The molecule has 1 aliphatic carbocycles. The summed E-state index contributed by atoms with van der Waals surface area (Å²) in [5.41, 5.74) is 4.01. The minimum Gasteiger partial charge on any atom is -0.378 e. The lowest BCUT2D eigenvalue weighted by molar-refractivity contribution is 0.425. The van der Waals surface area contributed by atoms with Gasteiger partial charge in [-0.25, -0.2) is 0 Å². The Hall–Kier alpha value is -1.73. The topological polar surface area (TPSA) is 12.0 Å². The Morgan fingerprint density at radius 2 is 1.80 bits per heavy atom. The van der Waals surface area contributed by atoms with Crippen molar-refractivity contribution in [2.75, 3.05) is 5.32 Å². The molecule has 0 fully saturated rings. The fourth-order valence-corrected chi connectivity index (χ4v) is 3.67. The van der Waals surface area contributed by atoms with Crippen molar-refractivity contribution in [1.82, 2.24) is 0 Å². The van der Waals surface area contributed by atoms with Crippen LogP contribution in [0, 0.1) is 5.92 Å². The van der Waals surface area contributed by atoms with Gasteiger partial charge in [-0.3, -0.25) is 0 Å². The van der Waals surface area contributed by atoms with Crippen LogP contribution in [-0.4, -0.2) is 0 Å². The molecule has 0 unspecified atom stereocenters. The van der Waals surface area contributed by atoms with Crippen LogP contribution in [0.3, 0.4) is 0 Å². The van der Waals surface area contributed by atoms with Gasteiger partial charge in [0.1, 0.15) is 0 Å². The van der Waals surface area contributed by atoms with Crippen LogP contribution in [0.5, 0.6) is 0 Å². The van der Waals surface area contributed by atoms with E-state index >= 15 is 0 Å². The first-order valence-electron chi connectivity index (χ1n) is 7.10. The van der Waals surface area contributed by atoms with Crippen molar-refractivity contribution in [1.29, 1.82) is 0 Å². The zero-order valence-corrected chi connectivity index (χ0v) is 11.8. The molecule has 0 aromatic heterocycles. The molecular weight excluding hydrogens is 266 g/mol. The molecule has 20 heavy (non-hydrogen) atoms. The molecule has 0 spiro atoms. The van der Waals surface area contributed by atoms with Crippen LogP contribution in [0.2, 0.25) is 5.02 Å². The van der Waals surface area contributed by atoms with E-state index in [1.807, 2.05) is 12.1 Å². The second-order valence-corrected chi connectivity index (χ2v) is 6.05. The van der Waals surface area contributed by atoms with Gasteiger partial charge in [0.15, 0.2) is 0 Å². The van der Waals surface area contributed by atoms with E-state index < -0.39 is 0 Å². The van der Waals surface area contributed by atoms with E-state index in [1.165, 1.54) is 16.8 Å². The molecule has 0 radical (unpaired) electrons. The molecule has 0 bridgehead atoms. The molecule has 100 valence electrons. The smallest absolute Gasteiger partial charge is 0.0553 e. The number of hydrogen-bond acceptors (Lipinski definition) is 1. The standard InChI is InChI=1S/C18H16ClN/c19-13-10-8-12(9-11-13)18-16-6-3-5-14(16)15-4-1-2-7-17(15)20-18/h1-5,7-11,14,16,18,20H,6H2/t14-,16-,18-/m0/s1. The largest absolute Gasteiger partial charge is 0.378 e. The zero-order chi connectivity index (χ0) is 13.5. The van der Waals surface area contributed by atoms with Gasteiger partial charge in [0.25, 0.3) is 0 Å². The number of rotatable bonds is 1. The fourth-order valence-electron chi connectivity index (χ4n) is 3.54. The molecule has 1 N–H and O–H groups in total. The van der Waals surface area contributed by atoms with Crippen LogP contribution in [0.4, 0.5) is 5.69 Å². The van der Waals surface area contributed by atoms with E-state index in [0.717, 1.165) is 11.4 Å². The Balaban J connectivity index is 1.77. The van der Waals surface area contributed by atoms with Crippen LogP contribution in [0.25, 0.3) is 0 Å². The molecule has 2 heteroatoms. The van der Waals surface area contributed by atoms with Crippen molar-refractivity contribution >= 4 is 17.3 Å². The van der Waals surface area contributed by atoms with Crippen molar-refractivity contribution in [2.45, 2.75) is 18.4 Å². The van der Waals surface area contributed by atoms with Gasteiger partial charge in [-0.1, -0.05) is 54.1 Å². The Morgan fingerprint density at radius 1 is 1.00 bits per heavy atom. The van der Waals surface area contributed by atoms with Crippen LogP contribution in [0.15, 0.2) is 60.7 Å². The van der Waals surface area contributed by atoms with Gasteiger partial charge in [-0.2, -0.15) is 0 Å². The second-order valence-electron chi connectivity index (χ2n) is 5.61. The van der Waals surface area contributed by atoms with Gasteiger partial charge in [0, 0.05) is 16.6 Å². The number of allylic oxidation sites excluding steroid dienone is 2. The summed E-state index contributed by atoms with van der Waals surface area (Å²) in [7, 11) is 0. The van der Waals surface area contributed by atoms with Crippen LogP contribution in [-0.2, 0) is 0 Å². The van der Waals surface area contributed by atoms with Gasteiger partial charge >= 0.3 is 0 Å². The average molecular weight is 282 g/mol. The van der Waals surface area contributed by atoms with Gasteiger partial charge in [0.05, 0.1) is 6.04 Å². The molecule has 3 atom stereocenters. The highest BCUT2D eigenvalue weighted by molar-refractivity contribution is 6.30. The predicted molar refractivity (Wildman–Crippen MR) is 84.2 cm³/mol. The van der Waals surface area contributed by atoms with Gasteiger partial charge in [-0.15, -0.1) is 0 Å². The van der Waals surface area contributed by atoms with Gasteiger partial charge in [-0.05, 0) is 41.7 Å². The lowest BCUT2D eigenvalue weighted by Gasteiger charge is -2.37. The summed E-state index contributed by atoms with van der Waals surface area (Å²) < 4.78 is 0. The summed E-state index contributed by atoms with van der Waals surface area (Å²) in [6.07, 6.45) is 5.83. The van der Waals surface area contributed by atoms with Crippen molar-refractivity contribution in [3.8, 4) is 0 Å². The van der Waals surface area contributed by atoms with Crippen molar-refractivity contribution in [2.24, 2.45) is 5.92 Å². The zero-order valence-electron chi connectivity index (χ0n) is 11.1. The van der Waals surface area contributed by atoms with E-state index in [9.17, 15) is 0 Å². The van der Waals surface area contributed by atoms with Gasteiger partial charge in [0.2, 0.25) is 0 Å². The van der Waals surface area contributed by atoms with Gasteiger partial charge < -0.3 is 5.32 Å². The Labute approximate surface area is 124 Å². The lowest BCUT2D eigenvalue weighted by Crippen LogP contribution is -2.28. The molecule has 0 saturated carbocycles. The summed E-state index contributed by atoms with van der Waals surface area (Å²) in [4.78, 5) is 0. The third-order valence-corrected chi connectivity index (χ3v) is 4.75. The Kier molecular flexibility index (Phi) is 2.82. The predicted octanol–water partition coefficient (Wildman–Crippen LogP) is 5.17. The molecule has 0 amide bonds. The van der Waals surface area contributed by atoms with E-state index in [4.69, 9.17) is 11.6 Å². The summed E-state index contributed by atoms with van der Waals surface area (Å²) >= 11 is 6.01. The summed E-state index contributed by atoms with van der Waals surface area (Å²) in [6, 6.07) is 17.3. The average Bonchev–Trinajstić information content (AvgIpc) is 2.97. The maximum atomic E-state index is 6.01. The van der Waals surface area contributed by atoms with Crippen molar-refractivity contribution < 1.29 is 0 Å². The Morgan fingerprint density at radius 3 is 2.65 bits per heavy atom. The summed E-state index contributed by atoms with van der Waals surface area (Å²) in [5.74, 6) is 1.14. The van der Waals surface area contributed by atoms with Crippen LogP contribution in [0.1, 0.15) is 29.5 Å². The first kappa shape index (κ1) is 12.0. The molecular formula is C18H16ClN. The fraction of sp³-hybridized carbons (Fsp3) is 0.222. The van der Waals surface area contributed by atoms with E-state index in [-0.39, 0.29) is 0 Å². The van der Waals surface area contributed by atoms with Crippen molar-refractivity contribution in [3.63, 3.8) is 0 Å². The third-order valence-electron chi connectivity index (χ3n) is 4.50. The molecule has 2 aliphatic rings. The minimum absolute atomic E-state index is 0.363. The number of halogens is 1. The molecule has 1 heterocycles. The third kappa shape index (κ3) is 1.85. The molecule has 1 nitrogen and oxygen atoms in total. The number of para-hydroxylation sites is 1. The SMILES string of the molecule is Clc1ccc([C@@H]2Nc3ccccc3[C@@H]3C=CC[C@@H]32)cc1. The lowest BCUT2D eigenvalue weighted by atomic mass is 9.77. The van der Waals surface area contributed by atoms with E-state index in [0.29, 0.717) is 17.9 Å². The minimum atomic E-state index is 0.363. The summed E-state index contributed by atoms with van der Waals surface area (Å²) in [6.45, 7) is 0. The van der Waals surface area contributed by atoms with Crippen LogP contribution >= 0.6 is 11.6 Å². The van der Waals surface area contributed by atoms with E-state index in [1.54, 1.807) is 0 Å². The highest BCUT2D eigenvalue weighted by atomic mass is 35.5. The first-order valence-corrected chi connectivity index (χ1v) is 7.48. The molecule has 1 aliphatic heterocycles. The quantitative estimate of drug-likeness (QED) is 0.711. The second kappa shape index (κ2) is 4.68. The number of hydrogen-bond donors (Lipinski definition) is 1. The van der Waals surface area contributed by atoms with Crippen LogP contribution < -0.4 is 5.32 Å². The molecule has 0 saturated heterocycles. The van der Waals surface area contributed by atoms with Crippen molar-refractivity contribution in [3.05, 3.63) is 76.8 Å². The molecule has 2 aromatic rings. The molecule has 4 rings (SSSR count). The Bertz CT molecular complexity index is 659. The highest BCUT2D eigenvalue weighted by Gasteiger charge is 2.37. The number of benzene rings is 2. The highest BCUT2D eigenvalue weighted by Crippen LogP contribution is 2.49.